The van der Waals surface area contributed by atoms with Gasteiger partial charge in [0.2, 0.25) is 5.75 Å². The summed E-state index contributed by atoms with van der Waals surface area (Å²) >= 11 is 12.1. The molecule has 0 spiro atoms. The van der Waals surface area contributed by atoms with Crippen LogP contribution in [-0.2, 0) is 4.79 Å². The third-order valence-electron chi connectivity index (χ3n) is 4.55. The minimum absolute atomic E-state index is 0.224. The molecular formula is C21H23Cl2NO5. The van der Waals surface area contributed by atoms with Crippen LogP contribution >= 0.6 is 23.2 Å². The number of benzene rings is 2. The molecule has 2 aromatic carbocycles. The van der Waals surface area contributed by atoms with Crippen LogP contribution in [0, 0.1) is 0 Å². The molecule has 2 rings (SSSR count). The van der Waals surface area contributed by atoms with Crippen molar-refractivity contribution in [3.8, 4) is 17.2 Å². The minimum Gasteiger partial charge on any atom is -0.493 e. The fourth-order valence-corrected chi connectivity index (χ4v) is 3.34. The van der Waals surface area contributed by atoms with Crippen molar-refractivity contribution in [2.24, 2.45) is 0 Å². The summed E-state index contributed by atoms with van der Waals surface area (Å²) < 4.78 is 15.9. The molecule has 0 aromatic heterocycles. The average Bonchev–Trinajstić information content (AvgIpc) is 2.73. The van der Waals surface area contributed by atoms with Crippen LogP contribution in [0.3, 0.4) is 0 Å². The van der Waals surface area contributed by atoms with Gasteiger partial charge in [0.1, 0.15) is 6.29 Å². The van der Waals surface area contributed by atoms with Crippen molar-refractivity contribution in [1.29, 1.82) is 0 Å². The molecule has 2 aromatic rings. The number of nitrogens with zero attached hydrogens (tertiary/aromatic N) is 1. The average molecular weight is 440 g/mol. The van der Waals surface area contributed by atoms with E-state index in [0.717, 1.165) is 11.8 Å². The number of rotatable bonds is 9. The molecule has 0 aliphatic carbocycles. The molecule has 1 unspecified atom stereocenters. The van der Waals surface area contributed by atoms with Gasteiger partial charge in [-0.2, -0.15) is 0 Å². The molecule has 8 heteroatoms. The first-order valence-electron chi connectivity index (χ1n) is 8.80. The monoisotopic (exact) mass is 439 g/mol. The molecule has 1 amide bonds. The molecule has 156 valence electrons. The Morgan fingerprint density at radius 2 is 1.66 bits per heavy atom. The predicted octanol–water partition coefficient (Wildman–Crippen LogP) is 4.46. The Labute approximate surface area is 180 Å². The van der Waals surface area contributed by atoms with E-state index in [1.54, 1.807) is 37.4 Å². The largest absolute Gasteiger partial charge is 0.493 e. The summed E-state index contributed by atoms with van der Waals surface area (Å²) in [5.74, 6) is 0.706. The number of halogens is 2. The summed E-state index contributed by atoms with van der Waals surface area (Å²) in [5.41, 5.74) is 1.21. The van der Waals surface area contributed by atoms with Crippen molar-refractivity contribution in [3.05, 3.63) is 51.5 Å². The van der Waals surface area contributed by atoms with Crippen LogP contribution in [-0.4, -0.2) is 52.0 Å². The minimum atomic E-state index is -0.250. The van der Waals surface area contributed by atoms with Gasteiger partial charge in [-0.25, -0.2) is 0 Å². The topological polar surface area (TPSA) is 65.1 Å². The van der Waals surface area contributed by atoms with Crippen LogP contribution in [0.4, 0.5) is 0 Å². The third kappa shape index (κ3) is 5.34. The number of methoxy groups -OCH3 is 3. The van der Waals surface area contributed by atoms with Crippen LogP contribution in [0.15, 0.2) is 30.3 Å². The first kappa shape index (κ1) is 22.8. The van der Waals surface area contributed by atoms with E-state index in [2.05, 4.69) is 0 Å². The fourth-order valence-electron chi connectivity index (χ4n) is 3.04. The molecule has 6 nitrogen and oxygen atoms in total. The normalized spacial score (nSPS) is 11.5. The number of ether oxygens (including phenoxy) is 3. The zero-order chi connectivity index (χ0) is 21.6. The lowest BCUT2D eigenvalue weighted by atomic mass is 9.95. The summed E-state index contributed by atoms with van der Waals surface area (Å²) in [4.78, 5) is 25.7. The maximum Gasteiger partial charge on any atom is 0.253 e. The van der Waals surface area contributed by atoms with Gasteiger partial charge in [-0.3, -0.25) is 4.79 Å². The molecule has 0 radical (unpaired) electrons. The molecule has 0 saturated heterocycles. The number of carbonyl (C=O) groups excluding carboxylic acids is 2. The smallest absolute Gasteiger partial charge is 0.253 e. The predicted molar refractivity (Wildman–Crippen MR) is 113 cm³/mol. The van der Waals surface area contributed by atoms with Gasteiger partial charge in [0.05, 0.1) is 31.4 Å². The zero-order valence-corrected chi connectivity index (χ0v) is 18.2. The number of aldehydes is 1. The fraction of sp³-hybridized carbons (Fsp3) is 0.333. The number of carbonyl (C=O) groups is 2. The Hall–Kier alpha value is -2.44. The number of likely N-dealkylation sites (N-methyl/N-ethyl adjacent to an activating group) is 1. The summed E-state index contributed by atoms with van der Waals surface area (Å²) in [6.45, 7) is 0.312. The number of hydrogen-bond acceptors (Lipinski definition) is 5. The highest BCUT2D eigenvalue weighted by molar-refractivity contribution is 6.42. The second-order valence-corrected chi connectivity index (χ2v) is 7.19. The zero-order valence-electron chi connectivity index (χ0n) is 16.7. The van der Waals surface area contributed by atoms with Gasteiger partial charge in [0, 0.05) is 31.5 Å². The molecule has 0 aliphatic heterocycles. The third-order valence-corrected chi connectivity index (χ3v) is 5.29. The van der Waals surface area contributed by atoms with Crippen molar-refractivity contribution in [1.82, 2.24) is 4.90 Å². The van der Waals surface area contributed by atoms with Crippen molar-refractivity contribution in [3.63, 3.8) is 0 Å². The van der Waals surface area contributed by atoms with Gasteiger partial charge in [0.25, 0.3) is 5.91 Å². The molecule has 0 bridgehead atoms. The Bertz CT molecular complexity index is 862. The van der Waals surface area contributed by atoms with E-state index in [1.807, 2.05) is 0 Å². The van der Waals surface area contributed by atoms with Gasteiger partial charge in [-0.1, -0.05) is 29.3 Å². The Balaban J connectivity index is 2.30. The maximum absolute atomic E-state index is 13.0. The van der Waals surface area contributed by atoms with E-state index in [4.69, 9.17) is 37.4 Å². The van der Waals surface area contributed by atoms with E-state index in [1.165, 1.54) is 26.2 Å². The van der Waals surface area contributed by atoms with Gasteiger partial charge in [0.15, 0.2) is 11.5 Å². The Morgan fingerprint density at radius 3 is 2.14 bits per heavy atom. The highest BCUT2D eigenvalue weighted by atomic mass is 35.5. The van der Waals surface area contributed by atoms with Crippen molar-refractivity contribution in [2.45, 2.75) is 12.3 Å². The van der Waals surface area contributed by atoms with Crippen molar-refractivity contribution < 1.29 is 23.8 Å². The molecule has 1 atom stereocenters. The number of amides is 1. The van der Waals surface area contributed by atoms with Crippen LogP contribution in [0.25, 0.3) is 0 Å². The van der Waals surface area contributed by atoms with Crippen LogP contribution in [0.2, 0.25) is 10.0 Å². The lowest BCUT2D eigenvalue weighted by Crippen LogP contribution is -2.31. The van der Waals surface area contributed by atoms with E-state index in [9.17, 15) is 9.59 Å². The van der Waals surface area contributed by atoms with Crippen molar-refractivity contribution in [2.75, 3.05) is 34.9 Å². The highest BCUT2D eigenvalue weighted by Gasteiger charge is 2.22. The lowest BCUT2D eigenvalue weighted by Gasteiger charge is -2.24. The Morgan fingerprint density at radius 1 is 1.03 bits per heavy atom. The first-order valence-corrected chi connectivity index (χ1v) is 9.55. The SMILES string of the molecule is COc1cc(C(=O)N(C)CC(CC=O)c2ccc(Cl)c(Cl)c2)cc(OC)c1OC. The van der Waals surface area contributed by atoms with Crippen LogP contribution in [0.1, 0.15) is 28.3 Å². The summed E-state index contributed by atoms with van der Waals surface area (Å²) in [6.07, 6.45) is 1.07. The standard InChI is InChI=1S/C21H23Cl2NO5/c1-24(12-14(7-8-25)13-5-6-16(22)17(23)9-13)21(26)15-10-18(27-2)20(29-4)19(11-15)28-3/h5-6,8-11,14H,7,12H2,1-4H3. The lowest BCUT2D eigenvalue weighted by molar-refractivity contribution is -0.108. The van der Waals surface area contributed by atoms with Crippen LogP contribution < -0.4 is 14.2 Å². The van der Waals surface area contributed by atoms with Gasteiger partial charge in [-0.05, 0) is 29.8 Å². The van der Waals surface area contributed by atoms with E-state index >= 15 is 0 Å². The van der Waals surface area contributed by atoms with Crippen molar-refractivity contribution >= 4 is 35.4 Å². The van der Waals surface area contributed by atoms with Crippen LogP contribution in [0.5, 0.6) is 17.2 Å². The number of hydrogen-bond donors (Lipinski definition) is 0. The van der Waals surface area contributed by atoms with E-state index in [-0.39, 0.29) is 18.2 Å². The summed E-state index contributed by atoms with van der Waals surface area (Å²) in [7, 11) is 6.13. The molecular weight excluding hydrogens is 417 g/mol. The molecule has 0 aliphatic rings. The first-order chi connectivity index (χ1) is 13.9. The molecule has 0 heterocycles. The Kier molecular flexibility index (Phi) is 8.17. The molecule has 0 N–H and O–H groups in total. The molecule has 0 fully saturated rings. The van der Waals surface area contributed by atoms with Gasteiger partial charge >= 0.3 is 0 Å². The second-order valence-electron chi connectivity index (χ2n) is 6.37. The quantitative estimate of drug-likeness (QED) is 0.539. The van der Waals surface area contributed by atoms with E-state index in [0.29, 0.717) is 39.4 Å². The maximum atomic E-state index is 13.0. The summed E-state index contributed by atoms with van der Waals surface area (Å²) in [6, 6.07) is 8.39. The van der Waals surface area contributed by atoms with Gasteiger partial charge in [-0.15, -0.1) is 0 Å². The molecule has 0 saturated carbocycles. The second kappa shape index (κ2) is 10.4. The van der Waals surface area contributed by atoms with Gasteiger partial charge < -0.3 is 23.9 Å². The van der Waals surface area contributed by atoms with E-state index < -0.39 is 0 Å². The summed E-state index contributed by atoms with van der Waals surface area (Å²) in [5, 5.41) is 0.834. The highest BCUT2D eigenvalue weighted by Crippen LogP contribution is 2.38. The molecule has 29 heavy (non-hydrogen) atoms.